The third-order valence-corrected chi connectivity index (χ3v) is 10.8. The van der Waals surface area contributed by atoms with Gasteiger partial charge in [-0.05, 0) is 54.6 Å². The van der Waals surface area contributed by atoms with Gasteiger partial charge >= 0.3 is 0 Å². The number of H-pyrrole nitrogens is 1. The molecule has 1 aliphatic carbocycles. The van der Waals surface area contributed by atoms with Gasteiger partial charge < -0.3 is 20.3 Å². The van der Waals surface area contributed by atoms with Crippen LogP contribution in [-0.2, 0) is 42.1 Å². The monoisotopic (exact) mass is 705 g/mol. The second kappa shape index (κ2) is 12.3. The van der Waals surface area contributed by atoms with E-state index in [4.69, 9.17) is 9.29 Å². The van der Waals surface area contributed by atoms with E-state index in [1.54, 1.807) is 18.7 Å². The lowest BCUT2D eigenvalue weighted by Crippen LogP contribution is -2.71. The van der Waals surface area contributed by atoms with Crippen molar-refractivity contribution in [2.24, 2.45) is 11.8 Å². The Kier molecular flexibility index (Phi) is 8.46. The fourth-order valence-corrected chi connectivity index (χ4v) is 8.47. The maximum atomic E-state index is 14.6. The first-order chi connectivity index (χ1) is 23.6. The zero-order chi connectivity index (χ0) is 35.7. The van der Waals surface area contributed by atoms with Crippen LogP contribution in [0.2, 0.25) is 0 Å². The summed E-state index contributed by atoms with van der Waals surface area (Å²) in [6.45, 7) is 4.56. The highest BCUT2D eigenvalue weighted by Crippen LogP contribution is 2.48. The van der Waals surface area contributed by atoms with E-state index >= 15 is 0 Å². The van der Waals surface area contributed by atoms with Crippen LogP contribution in [-0.4, -0.2) is 112 Å². The number of piperazine rings is 1. The van der Waals surface area contributed by atoms with Crippen LogP contribution in [0.1, 0.15) is 43.4 Å². The summed E-state index contributed by atoms with van der Waals surface area (Å²) in [6.07, 6.45) is 7.11. The van der Waals surface area contributed by atoms with E-state index in [1.807, 2.05) is 49.5 Å². The summed E-state index contributed by atoms with van der Waals surface area (Å²) in [4.78, 5) is 51.2. The summed E-state index contributed by atoms with van der Waals surface area (Å²) < 4.78 is 32.4. The molecule has 3 fully saturated rings. The first-order valence-electron chi connectivity index (χ1n) is 17.0. The van der Waals surface area contributed by atoms with Gasteiger partial charge in [-0.3, -0.25) is 33.5 Å². The van der Waals surface area contributed by atoms with Crippen LogP contribution in [0.5, 0.6) is 0 Å². The number of hydrogen-bond donors (Lipinski definition) is 4. The van der Waals surface area contributed by atoms with E-state index in [9.17, 15) is 27.9 Å². The van der Waals surface area contributed by atoms with E-state index in [1.165, 1.54) is 15.8 Å². The quantitative estimate of drug-likeness (QED) is 0.290. The summed E-state index contributed by atoms with van der Waals surface area (Å²) in [5, 5.41) is 16.5. The largest absolute Gasteiger partial charge is 0.361 e. The second-order valence-corrected chi connectivity index (χ2v) is 15.8. The maximum absolute atomic E-state index is 14.6. The summed E-state index contributed by atoms with van der Waals surface area (Å²) >= 11 is 0. The van der Waals surface area contributed by atoms with Crippen molar-refractivity contribution >= 4 is 44.3 Å². The molecule has 0 bridgehead atoms. The Labute approximate surface area is 291 Å². The lowest BCUT2D eigenvalue weighted by atomic mass is 9.79. The molecule has 266 valence electrons. The molecule has 8 rings (SSSR count). The minimum absolute atomic E-state index is 0.138. The van der Waals surface area contributed by atoms with E-state index in [2.05, 4.69) is 33.5 Å². The third-order valence-electron chi connectivity index (χ3n) is 10.8. The topological polar surface area (TPSA) is 173 Å². The molecule has 50 heavy (non-hydrogen) atoms. The average molecular weight is 706 g/mol. The van der Waals surface area contributed by atoms with Crippen molar-refractivity contribution in [3.8, 4) is 0 Å². The molecule has 0 radical (unpaired) electrons. The fraction of sp³-hybridized carbons (Fsp3) is 0.472. The molecule has 3 amide bonds. The SMILES string of the molecule is CC(C)[C@@]1(NC(=O)[C@@H]2C=C3c4cccc5[nH]cc(c45)C[C@@H]3N(C)C2)O[C@@]2(O)[C@@H]3CCCN3C(=O)[C@@H](Cc3ccccc3)N2C1=O.CS(=O)(=O)O. The molecule has 2 aromatic carbocycles. The molecule has 14 heteroatoms. The molecule has 6 atom stereocenters. The number of rotatable bonds is 5. The molecule has 4 aliphatic heterocycles. The molecule has 3 saturated heterocycles. The van der Waals surface area contributed by atoms with Crippen LogP contribution in [0.4, 0.5) is 0 Å². The Morgan fingerprint density at radius 2 is 1.86 bits per heavy atom. The third kappa shape index (κ3) is 5.63. The number of ether oxygens (including phenoxy) is 1. The number of aromatic nitrogens is 1. The number of nitrogens with zero attached hydrogens (tertiary/aromatic N) is 3. The first kappa shape index (κ1) is 34.4. The first-order valence-corrected chi connectivity index (χ1v) is 18.8. The molecule has 3 aromatic rings. The van der Waals surface area contributed by atoms with E-state index in [0.717, 1.165) is 28.6 Å². The van der Waals surface area contributed by atoms with Crippen LogP contribution < -0.4 is 5.32 Å². The summed E-state index contributed by atoms with van der Waals surface area (Å²) in [7, 11) is -1.64. The number of amides is 3. The molecule has 0 unspecified atom stereocenters. The highest BCUT2D eigenvalue weighted by atomic mass is 32.2. The molecular formula is C36H43N5O8S. The van der Waals surface area contributed by atoms with Crippen molar-refractivity contribution < 1.29 is 37.2 Å². The molecule has 13 nitrogen and oxygen atoms in total. The number of fused-ring (bicyclic) bond motifs is 5. The maximum Gasteiger partial charge on any atom is 0.281 e. The van der Waals surface area contributed by atoms with Crippen molar-refractivity contribution in [3.05, 3.63) is 77.5 Å². The van der Waals surface area contributed by atoms with Gasteiger partial charge in [0, 0.05) is 48.6 Å². The number of aromatic amines is 1. The summed E-state index contributed by atoms with van der Waals surface area (Å²) in [6, 6.07) is 14.2. The number of likely N-dealkylation sites (N-methyl/N-ethyl adjacent to an activating group) is 1. The summed E-state index contributed by atoms with van der Waals surface area (Å²) in [5.41, 5.74) is 3.59. The van der Waals surface area contributed by atoms with Gasteiger partial charge in [-0.1, -0.05) is 62.4 Å². The predicted molar refractivity (Wildman–Crippen MR) is 185 cm³/mol. The minimum Gasteiger partial charge on any atom is -0.361 e. The van der Waals surface area contributed by atoms with Crippen LogP contribution in [0.25, 0.3) is 16.5 Å². The number of carbonyl (C=O) groups excluding carboxylic acids is 3. The van der Waals surface area contributed by atoms with Crippen molar-refractivity contribution in [1.82, 2.24) is 25.0 Å². The number of hydrogen-bond acceptors (Lipinski definition) is 8. The Morgan fingerprint density at radius 1 is 1.14 bits per heavy atom. The molecule has 4 N–H and O–H groups in total. The van der Waals surface area contributed by atoms with Crippen LogP contribution in [0, 0.1) is 11.8 Å². The molecule has 1 aromatic heterocycles. The van der Waals surface area contributed by atoms with Gasteiger partial charge in [-0.25, -0.2) is 0 Å². The smallest absolute Gasteiger partial charge is 0.281 e. The summed E-state index contributed by atoms with van der Waals surface area (Å²) in [5.74, 6) is -4.27. The van der Waals surface area contributed by atoms with Crippen molar-refractivity contribution in [1.29, 1.82) is 0 Å². The molecule has 0 saturated carbocycles. The Morgan fingerprint density at radius 3 is 2.56 bits per heavy atom. The highest BCUT2D eigenvalue weighted by Gasteiger charge is 2.72. The van der Waals surface area contributed by atoms with Crippen molar-refractivity contribution in [2.45, 2.75) is 69.3 Å². The van der Waals surface area contributed by atoms with E-state index in [0.29, 0.717) is 32.2 Å². The average Bonchev–Trinajstić information content (AvgIpc) is 3.77. The van der Waals surface area contributed by atoms with Gasteiger partial charge in [0.2, 0.25) is 17.5 Å². The standard InChI is InChI=1S/C35H39N5O5.CH4O3S/c1-20(2)34(37-31(41)23-16-25-24-11-7-12-26-30(24)22(18-36-26)17-27(25)38(3)19-23)33(43)40-28(15-21-9-5-4-6-10-21)32(42)39-14-8-13-29(39)35(40,44)45-34;1-5(2,3)4/h4-7,9-12,16,18,20,23,27-29,36,44H,8,13-15,17,19H2,1-3H3,(H,37,41);1H3,(H,2,3,4)/t23-,27+,28-,29+,34-,35+;/m1./s1. The van der Waals surface area contributed by atoms with Crippen molar-refractivity contribution in [3.63, 3.8) is 0 Å². The lowest BCUT2D eigenvalue weighted by molar-refractivity contribution is -0.321. The van der Waals surface area contributed by atoms with Crippen LogP contribution in [0.3, 0.4) is 0 Å². The number of aliphatic hydroxyl groups is 1. The molecule has 5 heterocycles. The fourth-order valence-electron chi connectivity index (χ4n) is 8.47. The molecule has 0 spiro atoms. The van der Waals surface area contributed by atoms with Gasteiger partial charge in [-0.2, -0.15) is 8.42 Å². The van der Waals surface area contributed by atoms with Gasteiger partial charge in [0.25, 0.3) is 21.9 Å². The van der Waals surface area contributed by atoms with Crippen LogP contribution in [0.15, 0.2) is 60.8 Å². The molecule has 5 aliphatic rings. The van der Waals surface area contributed by atoms with Gasteiger partial charge in [0.05, 0.1) is 12.2 Å². The Balaban J connectivity index is 0.000000734. The Hall–Kier alpha value is -4.08. The van der Waals surface area contributed by atoms with Crippen molar-refractivity contribution in [2.75, 3.05) is 26.4 Å². The zero-order valence-corrected chi connectivity index (χ0v) is 29.3. The van der Waals surface area contributed by atoms with Gasteiger partial charge in [0.1, 0.15) is 12.1 Å². The predicted octanol–water partition coefficient (Wildman–Crippen LogP) is 2.13. The van der Waals surface area contributed by atoms with E-state index in [-0.39, 0.29) is 24.3 Å². The minimum atomic E-state index is -3.67. The highest BCUT2D eigenvalue weighted by molar-refractivity contribution is 7.85. The second-order valence-electron chi connectivity index (χ2n) is 14.4. The Bertz CT molecular complexity index is 1990. The van der Waals surface area contributed by atoms with E-state index < -0.39 is 51.6 Å². The lowest BCUT2D eigenvalue weighted by Gasteiger charge is -2.48. The normalized spacial score (nSPS) is 30.4. The van der Waals surface area contributed by atoms with Crippen LogP contribution >= 0.6 is 0 Å². The number of carbonyl (C=O) groups is 3. The van der Waals surface area contributed by atoms with Gasteiger partial charge in [-0.15, -0.1) is 0 Å². The zero-order valence-electron chi connectivity index (χ0n) is 28.5. The number of benzene rings is 2. The number of nitrogens with one attached hydrogen (secondary N) is 2. The molecular weight excluding hydrogens is 662 g/mol. The van der Waals surface area contributed by atoms with Gasteiger partial charge in [0.15, 0.2) is 0 Å².